The van der Waals surface area contributed by atoms with Gasteiger partial charge in [-0.1, -0.05) is 24.9 Å². The first kappa shape index (κ1) is 13.0. The van der Waals surface area contributed by atoms with E-state index in [1.807, 2.05) is 13.8 Å². The fourth-order valence-electron chi connectivity index (χ4n) is 1.58. The summed E-state index contributed by atoms with van der Waals surface area (Å²) in [6.07, 6.45) is 3.46. The molecule has 3 nitrogen and oxygen atoms in total. The first-order valence-electron chi connectivity index (χ1n) is 5.38. The van der Waals surface area contributed by atoms with Crippen molar-refractivity contribution < 1.29 is 4.79 Å². The minimum atomic E-state index is -0.189. The summed E-state index contributed by atoms with van der Waals surface area (Å²) in [5.74, 6) is -0.109. The minimum Gasteiger partial charge on any atom is -0.347 e. The molecule has 0 radical (unpaired) electrons. The van der Waals surface area contributed by atoms with Gasteiger partial charge in [0.25, 0.3) is 5.91 Å². The Morgan fingerprint density at radius 2 is 2.19 bits per heavy atom. The zero-order chi connectivity index (χ0) is 12.2. The Bertz CT molecular complexity index is 360. The van der Waals surface area contributed by atoms with E-state index in [0.29, 0.717) is 10.7 Å². The molecule has 88 valence electrons. The molecule has 0 saturated heterocycles. The topological polar surface area (TPSA) is 42.0 Å². The van der Waals surface area contributed by atoms with Crippen molar-refractivity contribution in [3.8, 4) is 0 Å². The van der Waals surface area contributed by atoms with Crippen LogP contribution in [0.2, 0.25) is 5.15 Å². The van der Waals surface area contributed by atoms with Crippen molar-refractivity contribution in [1.82, 2.24) is 10.3 Å². The number of amides is 1. The number of nitrogens with one attached hydrogen (secondary N) is 1. The van der Waals surface area contributed by atoms with Gasteiger partial charge in [-0.05, 0) is 32.4 Å². The summed E-state index contributed by atoms with van der Waals surface area (Å²) in [4.78, 5) is 15.7. The van der Waals surface area contributed by atoms with Crippen LogP contribution in [0.3, 0.4) is 0 Å². The van der Waals surface area contributed by atoms with Crippen molar-refractivity contribution in [2.75, 3.05) is 0 Å². The standard InChI is InChI=1S/C12H17ClN2O/c1-4-7-12(2,3)15-11(16)9-5-6-10(13)14-8-9/h5-6,8H,4,7H2,1-3H3,(H,15,16). The predicted octanol–water partition coefficient (Wildman–Crippen LogP) is 3.04. The maximum absolute atomic E-state index is 11.9. The lowest BCUT2D eigenvalue weighted by Crippen LogP contribution is -2.43. The molecule has 0 aliphatic carbocycles. The molecule has 0 saturated carbocycles. The highest BCUT2D eigenvalue weighted by molar-refractivity contribution is 6.29. The van der Waals surface area contributed by atoms with Crippen molar-refractivity contribution in [1.29, 1.82) is 0 Å². The number of halogens is 1. The van der Waals surface area contributed by atoms with E-state index in [2.05, 4.69) is 17.2 Å². The van der Waals surface area contributed by atoms with Gasteiger partial charge in [-0.15, -0.1) is 0 Å². The molecule has 0 unspecified atom stereocenters. The second-order valence-corrected chi connectivity index (χ2v) is 4.84. The molecule has 1 rings (SSSR count). The van der Waals surface area contributed by atoms with Crippen LogP contribution < -0.4 is 5.32 Å². The molecule has 1 aromatic rings. The van der Waals surface area contributed by atoms with Crippen LogP contribution >= 0.6 is 11.6 Å². The van der Waals surface area contributed by atoms with Gasteiger partial charge in [0.1, 0.15) is 5.15 Å². The van der Waals surface area contributed by atoms with Gasteiger partial charge >= 0.3 is 0 Å². The molecule has 0 aliphatic rings. The highest BCUT2D eigenvalue weighted by Gasteiger charge is 2.19. The van der Waals surface area contributed by atoms with Gasteiger partial charge in [0, 0.05) is 11.7 Å². The molecule has 0 aromatic carbocycles. The maximum atomic E-state index is 11.9. The molecular formula is C12H17ClN2O. The fourth-order valence-corrected chi connectivity index (χ4v) is 1.69. The van der Waals surface area contributed by atoms with Crippen molar-refractivity contribution in [2.45, 2.75) is 39.2 Å². The van der Waals surface area contributed by atoms with Crippen molar-refractivity contribution in [3.63, 3.8) is 0 Å². The van der Waals surface area contributed by atoms with E-state index in [1.54, 1.807) is 12.1 Å². The Hall–Kier alpha value is -1.09. The molecule has 4 heteroatoms. The number of aromatic nitrogens is 1. The van der Waals surface area contributed by atoms with Crippen LogP contribution in [-0.4, -0.2) is 16.4 Å². The van der Waals surface area contributed by atoms with Crippen molar-refractivity contribution in [2.24, 2.45) is 0 Å². The molecule has 1 aromatic heterocycles. The van der Waals surface area contributed by atoms with Gasteiger partial charge in [0.05, 0.1) is 5.56 Å². The number of pyridine rings is 1. The lowest BCUT2D eigenvalue weighted by atomic mass is 9.98. The Morgan fingerprint density at radius 1 is 1.50 bits per heavy atom. The fraction of sp³-hybridized carbons (Fsp3) is 0.500. The third-order valence-corrected chi connectivity index (χ3v) is 2.54. The van der Waals surface area contributed by atoms with E-state index in [1.165, 1.54) is 6.20 Å². The zero-order valence-corrected chi connectivity index (χ0v) is 10.6. The molecule has 1 N–H and O–H groups in total. The van der Waals surface area contributed by atoms with Gasteiger partial charge in [0.15, 0.2) is 0 Å². The predicted molar refractivity (Wildman–Crippen MR) is 65.7 cm³/mol. The lowest BCUT2D eigenvalue weighted by molar-refractivity contribution is 0.0908. The molecule has 16 heavy (non-hydrogen) atoms. The monoisotopic (exact) mass is 240 g/mol. The van der Waals surface area contributed by atoms with Crippen LogP contribution in [0.5, 0.6) is 0 Å². The van der Waals surface area contributed by atoms with Crippen LogP contribution in [0, 0.1) is 0 Å². The number of nitrogens with zero attached hydrogens (tertiary/aromatic N) is 1. The lowest BCUT2D eigenvalue weighted by Gasteiger charge is -2.25. The van der Waals surface area contributed by atoms with Crippen molar-refractivity contribution >= 4 is 17.5 Å². The second-order valence-electron chi connectivity index (χ2n) is 4.46. The van der Waals surface area contributed by atoms with Crippen LogP contribution in [0.25, 0.3) is 0 Å². The molecule has 1 amide bonds. The van der Waals surface area contributed by atoms with Crippen molar-refractivity contribution in [3.05, 3.63) is 29.0 Å². The van der Waals surface area contributed by atoms with E-state index < -0.39 is 0 Å². The molecule has 1 heterocycles. The number of carbonyl (C=O) groups excluding carboxylic acids is 1. The molecule has 0 fully saturated rings. The summed E-state index contributed by atoms with van der Waals surface area (Å²) in [6, 6.07) is 3.29. The first-order valence-corrected chi connectivity index (χ1v) is 5.76. The van der Waals surface area contributed by atoms with Crippen LogP contribution in [0.4, 0.5) is 0 Å². The molecule has 0 atom stereocenters. The Kier molecular flexibility index (Phi) is 4.30. The maximum Gasteiger partial charge on any atom is 0.253 e. The molecule has 0 spiro atoms. The zero-order valence-electron chi connectivity index (χ0n) is 9.88. The number of hydrogen-bond acceptors (Lipinski definition) is 2. The summed E-state index contributed by atoms with van der Waals surface area (Å²) in [7, 11) is 0. The van der Waals surface area contributed by atoms with E-state index in [4.69, 9.17) is 11.6 Å². The highest BCUT2D eigenvalue weighted by atomic mass is 35.5. The van der Waals surface area contributed by atoms with Crippen LogP contribution in [-0.2, 0) is 0 Å². The third kappa shape index (κ3) is 3.81. The summed E-state index contributed by atoms with van der Waals surface area (Å²) in [6.45, 7) is 6.12. The average molecular weight is 241 g/mol. The molecule has 0 aliphatic heterocycles. The quantitative estimate of drug-likeness (QED) is 0.822. The van der Waals surface area contributed by atoms with Gasteiger partial charge in [-0.2, -0.15) is 0 Å². The molecular weight excluding hydrogens is 224 g/mol. The van der Waals surface area contributed by atoms with E-state index in [9.17, 15) is 4.79 Å². The number of rotatable bonds is 4. The van der Waals surface area contributed by atoms with E-state index >= 15 is 0 Å². The Balaban J connectivity index is 2.69. The number of hydrogen-bond donors (Lipinski definition) is 1. The summed E-state index contributed by atoms with van der Waals surface area (Å²) in [5, 5.41) is 3.36. The SMILES string of the molecule is CCCC(C)(C)NC(=O)c1ccc(Cl)nc1. The second kappa shape index (κ2) is 5.30. The van der Waals surface area contributed by atoms with Gasteiger partial charge in [-0.3, -0.25) is 4.79 Å². The van der Waals surface area contributed by atoms with E-state index in [-0.39, 0.29) is 11.4 Å². The Labute approximate surface area is 101 Å². The minimum absolute atomic E-state index is 0.109. The third-order valence-electron chi connectivity index (χ3n) is 2.32. The van der Waals surface area contributed by atoms with Crippen LogP contribution in [0.1, 0.15) is 44.0 Å². The summed E-state index contributed by atoms with van der Waals surface area (Å²) in [5.41, 5.74) is 0.347. The average Bonchev–Trinajstić information content (AvgIpc) is 2.17. The number of carbonyl (C=O) groups is 1. The first-order chi connectivity index (χ1) is 7.44. The highest BCUT2D eigenvalue weighted by Crippen LogP contribution is 2.12. The Morgan fingerprint density at radius 3 is 2.69 bits per heavy atom. The normalized spacial score (nSPS) is 11.2. The van der Waals surface area contributed by atoms with E-state index in [0.717, 1.165) is 12.8 Å². The summed E-state index contributed by atoms with van der Waals surface area (Å²) >= 11 is 5.66. The van der Waals surface area contributed by atoms with Gasteiger partial charge in [0.2, 0.25) is 0 Å². The smallest absolute Gasteiger partial charge is 0.253 e. The van der Waals surface area contributed by atoms with Gasteiger partial charge < -0.3 is 5.32 Å². The molecule has 0 bridgehead atoms. The van der Waals surface area contributed by atoms with Gasteiger partial charge in [-0.25, -0.2) is 4.98 Å². The largest absolute Gasteiger partial charge is 0.347 e. The van der Waals surface area contributed by atoms with Crippen LogP contribution in [0.15, 0.2) is 18.3 Å². The summed E-state index contributed by atoms with van der Waals surface area (Å²) < 4.78 is 0.